The normalized spacial score (nSPS) is 24.7. The molecule has 2 nitrogen and oxygen atoms in total. The minimum Gasteiger partial charge on any atom is -0.493 e. The Morgan fingerprint density at radius 1 is 1.27 bits per heavy atom. The molecule has 1 unspecified atom stereocenters. The van der Waals surface area contributed by atoms with E-state index in [1.807, 2.05) is 0 Å². The second kappa shape index (κ2) is 3.86. The number of ether oxygens (including phenoxy) is 1. The first-order valence-corrected chi connectivity index (χ1v) is 5.92. The molecule has 0 aliphatic carbocycles. The van der Waals surface area contributed by atoms with E-state index in [0.29, 0.717) is 6.04 Å². The van der Waals surface area contributed by atoms with E-state index in [9.17, 15) is 0 Å². The van der Waals surface area contributed by atoms with Crippen molar-refractivity contribution in [1.82, 2.24) is 5.32 Å². The second-order valence-electron chi connectivity index (χ2n) is 4.47. The summed E-state index contributed by atoms with van der Waals surface area (Å²) in [5, 5.41) is 3.52. The maximum absolute atomic E-state index is 5.70. The molecular formula is C13H17NO. The van der Waals surface area contributed by atoms with Crippen LogP contribution in [0.2, 0.25) is 0 Å². The zero-order chi connectivity index (χ0) is 10.1. The van der Waals surface area contributed by atoms with Crippen LogP contribution in [-0.4, -0.2) is 13.2 Å². The maximum Gasteiger partial charge on any atom is 0.122 e. The molecule has 1 aromatic rings. The lowest BCUT2D eigenvalue weighted by Crippen LogP contribution is -2.14. The van der Waals surface area contributed by atoms with Crippen molar-refractivity contribution in [3.8, 4) is 5.75 Å². The summed E-state index contributed by atoms with van der Waals surface area (Å²) in [5.74, 6) is 1.12. The fraction of sp³-hybridized carbons (Fsp3) is 0.538. The highest BCUT2D eigenvalue weighted by molar-refractivity contribution is 5.40. The molecule has 15 heavy (non-hydrogen) atoms. The van der Waals surface area contributed by atoms with Gasteiger partial charge in [0.15, 0.2) is 0 Å². The van der Waals surface area contributed by atoms with Gasteiger partial charge in [0.05, 0.1) is 6.61 Å². The van der Waals surface area contributed by atoms with Crippen molar-refractivity contribution in [1.29, 1.82) is 0 Å². The molecule has 0 saturated carbocycles. The van der Waals surface area contributed by atoms with Gasteiger partial charge in [-0.15, -0.1) is 0 Å². The maximum atomic E-state index is 5.70. The average Bonchev–Trinajstić information content (AvgIpc) is 2.82. The van der Waals surface area contributed by atoms with Gasteiger partial charge < -0.3 is 10.1 Å². The molecule has 0 spiro atoms. The summed E-state index contributed by atoms with van der Waals surface area (Å²) in [6.45, 7) is 2.04. The number of hydrogen-bond donors (Lipinski definition) is 1. The Morgan fingerprint density at radius 3 is 3.13 bits per heavy atom. The van der Waals surface area contributed by atoms with Gasteiger partial charge in [-0.2, -0.15) is 0 Å². The summed E-state index contributed by atoms with van der Waals surface area (Å²) in [5.41, 5.74) is 2.77. The van der Waals surface area contributed by atoms with Crippen molar-refractivity contribution >= 4 is 0 Å². The van der Waals surface area contributed by atoms with Gasteiger partial charge in [0, 0.05) is 6.04 Å². The van der Waals surface area contributed by atoms with Crippen molar-refractivity contribution < 1.29 is 4.74 Å². The van der Waals surface area contributed by atoms with Crippen molar-refractivity contribution in [3.05, 3.63) is 29.3 Å². The van der Waals surface area contributed by atoms with Crippen LogP contribution in [0, 0.1) is 0 Å². The highest BCUT2D eigenvalue weighted by Gasteiger charge is 2.18. The lowest BCUT2D eigenvalue weighted by atomic mass is 9.99. The Bertz CT molecular complexity index is 356. The monoisotopic (exact) mass is 203 g/mol. The van der Waals surface area contributed by atoms with E-state index < -0.39 is 0 Å². The van der Waals surface area contributed by atoms with Crippen LogP contribution in [0.15, 0.2) is 18.2 Å². The van der Waals surface area contributed by atoms with Crippen molar-refractivity contribution in [3.63, 3.8) is 0 Å². The third-order valence-corrected chi connectivity index (χ3v) is 3.40. The van der Waals surface area contributed by atoms with E-state index in [0.717, 1.165) is 25.3 Å². The Morgan fingerprint density at radius 2 is 2.27 bits per heavy atom. The van der Waals surface area contributed by atoms with E-state index in [-0.39, 0.29) is 0 Å². The number of rotatable bonds is 1. The van der Waals surface area contributed by atoms with Crippen molar-refractivity contribution in [2.75, 3.05) is 13.2 Å². The van der Waals surface area contributed by atoms with Gasteiger partial charge in [-0.05, 0) is 49.4 Å². The van der Waals surface area contributed by atoms with Gasteiger partial charge in [0.25, 0.3) is 0 Å². The average molecular weight is 203 g/mol. The number of fused-ring (bicyclic) bond motifs is 1. The van der Waals surface area contributed by atoms with E-state index in [2.05, 4.69) is 23.5 Å². The van der Waals surface area contributed by atoms with Crippen LogP contribution in [0.25, 0.3) is 0 Å². The number of hydrogen-bond acceptors (Lipinski definition) is 2. The van der Waals surface area contributed by atoms with Crippen molar-refractivity contribution in [2.24, 2.45) is 0 Å². The van der Waals surface area contributed by atoms with Crippen LogP contribution in [0.4, 0.5) is 0 Å². The molecule has 0 radical (unpaired) electrons. The van der Waals surface area contributed by atoms with Crippen LogP contribution in [-0.2, 0) is 6.42 Å². The molecule has 1 aromatic carbocycles. The third kappa shape index (κ3) is 1.74. The summed E-state index contributed by atoms with van der Waals surface area (Å²) >= 11 is 0. The molecule has 0 amide bonds. The summed E-state index contributed by atoms with van der Waals surface area (Å²) in [6, 6.07) is 7.29. The fourth-order valence-electron chi connectivity index (χ4n) is 2.54. The Balaban J connectivity index is 1.89. The van der Waals surface area contributed by atoms with Gasteiger partial charge in [0.1, 0.15) is 5.75 Å². The van der Waals surface area contributed by atoms with Gasteiger partial charge >= 0.3 is 0 Å². The van der Waals surface area contributed by atoms with Crippen LogP contribution in [0.1, 0.15) is 36.4 Å². The molecule has 1 saturated heterocycles. The predicted octanol–water partition coefficient (Wildman–Crippen LogP) is 2.44. The van der Waals surface area contributed by atoms with Gasteiger partial charge in [-0.25, -0.2) is 0 Å². The van der Waals surface area contributed by atoms with E-state index >= 15 is 0 Å². The summed E-state index contributed by atoms with van der Waals surface area (Å²) in [4.78, 5) is 0. The van der Waals surface area contributed by atoms with E-state index in [1.54, 1.807) is 0 Å². The smallest absolute Gasteiger partial charge is 0.122 e. The molecule has 2 aliphatic rings. The molecule has 3 rings (SSSR count). The molecule has 2 heteroatoms. The largest absolute Gasteiger partial charge is 0.493 e. The Kier molecular flexibility index (Phi) is 2.37. The van der Waals surface area contributed by atoms with Gasteiger partial charge in [0.2, 0.25) is 0 Å². The Hall–Kier alpha value is -1.02. The topological polar surface area (TPSA) is 21.3 Å². The van der Waals surface area contributed by atoms with E-state index in [4.69, 9.17) is 4.74 Å². The molecular weight excluding hydrogens is 186 g/mol. The van der Waals surface area contributed by atoms with Crippen LogP contribution in [0.3, 0.4) is 0 Å². The zero-order valence-corrected chi connectivity index (χ0v) is 8.96. The molecule has 0 aromatic heterocycles. The lowest BCUT2D eigenvalue weighted by Gasteiger charge is -2.19. The van der Waals surface area contributed by atoms with Crippen LogP contribution in [0.5, 0.6) is 5.75 Å². The highest BCUT2D eigenvalue weighted by Crippen LogP contribution is 2.30. The fourth-order valence-corrected chi connectivity index (χ4v) is 2.54. The minimum atomic E-state index is 0.556. The SMILES string of the molecule is c1cc2c(cc1C1CCCN1)OCCC2. The molecule has 0 bridgehead atoms. The molecule has 80 valence electrons. The predicted molar refractivity (Wildman–Crippen MR) is 60.2 cm³/mol. The van der Waals surface area contributed by atoms with E-state index in [1.165, 1.54) is 30.4 Å². The molecule has 1 N–H and O–H groups in total. The number of nitrogens with one attached hydrogen (secondary N) is 1. The van der Waals surface area contributed by atoms with Crippen molar-refractivity contribution in [2.45, 2.75) is 31.7 Å². The quantitative estimate of drug-likeness (QED) is 0.757. The first-order valence-electron chi connectivity index (χ1n) is 5.92. The molecule has 2 aliphatic heterocycles. The summed E-state index contributed by atoms with van der Waals surface area (Å²) in [6.07, 6.45) is 4.89. The zero-order valence-electron chi connectivity index (χ0n) is 8.96. The number of aryl methyl sites for hydroxylation is 1. The highest BCUT2D eigenvalue weighted by atomic mass is 16.5. The summed E-state index contributed by atoms with van der Waals surface area (Å²) in [7, 11) is 0. The molecule has 1 atom stereocenters. The third-order valence-electron chi connectivity index (χ3n) is 3.40. The summed E-state index contributed by atoms with van der Waals surface area (Å²) < 4.78 is 5.70. The standard InChI is InChI=1S/C13H17NO/c1-4-12(14-7-1)11-6-5-10-3-2-8-15-13(10)9-11/h5-6,9,12,14H,1-4,7-8H2. The lowest BCUT2D eigenvalue weighted by molar-refractivity contribution is 0.288. The number of benzene rings is 1. The second-order valence-corrected chi connectivity index (χ2v) is 4.47. The Labute approximate surface area is 90.6 Å². The molecule has 2 heterocycles. The first kappa shape index (κ1) is 9.22. The molecule has 1 fully saturated rings. The first-order chi connectivity index (χ1) is 7.43. The van der Waals surface area contributed by atoms with Gasteiger partial charge in [-0.3, -0.25) is 0 Å². The van der Waals surface area contributed by atoms with Gasteiger partial charge in [-0.1, -0.05) is 12.1 Å². The van der Waals surface area contributed by atoms with Crippen LogP contribution >= 0.6 is 0 Å². The van der Waals surface area contributed by atoms with Crippen LogP contribution < -0.4 is 10.1 Å². The minimum absolute atomic E-state index is 0.556.